The van der Waals surface area contributed by atoms with Gasteiger partial charge in [0.1, 0.15) is 5.82 Å². The van der Waals surface area contributed by atoms with Gasteiger partial charge in [0, 0.05) is 31.5 Å². The molecule has 1 amide bonds. The zero-order valence-electron chi connectivity index (χ0n) is 14.5. The standard InChI is InChI=1S/C18H19ClFN3O3/c1-11-7-14(22(2)21-11)10-23(18(25)16-5-6-17(24)26-16)9-12-3-4-13(20)8-15(12)19/h3-4,7-8,16H,5-6,9-10H2,1-2H3/t16-/m1/s1. The fourth-order valence-corrected chi connectivity index (χ4v) is 3.21. The van der Waals surface area contributed by atoms with Crippen molar-refractivity contribution in [1.29, 1.82) is 0 Å². The minimum atomic E-state index is -0.795. The summed E-state index contributed by atoms with van der Waals surface area (Å²) in [7, 11) is 1.80. The van der Waals surface area contributed by atoms with E-state index in [0.717, 1.165) is 11.4 Å². The molecule has 2 heterocycles. The second-order valence-corrected chi connectivity index (χ2v) is 6.76. The Labute approximate surface area is 155 Å². The number of ether oxygens (including phenoxy) is 1. The Morgan fingerprint density at radius 3 is 2.77 bits per heavy atom. The fraction of sp³-hybridized carbons (Fsp3) is 0.389. The summed E-state index contributed by atoms with van der Waals surface area (Å²) in [6.07, 6.45) is -0.210. The largest absolute Gasteiger partial charge is 0.452 e. The van der Waals surface area contributed by atoms with Gasteiger partial charge in [0.05, 0.1) is 17.9 Å². The summed E-state index contributed by atoms with van der Waals surface area (Å²) < 4.78 is 20.1. The van der Waals surface area contributed by atoms with Crippen LogP contribution in [0.4, 0.5) is 4.39 Å². The number of carbonyl (C=O) groups excluding carboxylic acids is 2. The number of cyclic esters (lactones) is 1. The second-order valence-electron chi connectivity index (χ2n) is 6.35. The van der Waals surface area contributed by atoms with E-state index < -0.39 is 11.9 Å². The molecule has 1 aromatic heterocycles. The van der Waals surface area contributed by atoms with Crippen LogP contribution in [0.25, 0.3) is 0 Å². The minimum absolute atomic E-state index is 0.177. The number of rotatable bonds is 5. The lowest BCUT2D eigenvalue weighted by molar-refractivity contribution is -0.153. The molecular formula is C18H19ClFN3O3. The van der Waals surface area contributed by atoms with E-state index in [1.165, 1.54) is 12.1 Å². The molecule has 0 bridgehead atoms. The third-order valence-electron chi connectivity index (χ3n) is 4.30. The van der Waals surface area contributed by atoms with Gasteiger partial charge in [0.2, 0.25) is 0 Å². The molecule has 0 radical (unpaired) electrons. The summed E-state index contributed by atoms with van der Waals surface area (Å²) in [4.78, 5) is 25.8. The first kappa shape index (κ1) is 18.4. The number of esters is 1. The summed E-state index contributed by atoms with van der Waals surface area (Å²) in [5.41, 5.74) is 2.28. The molecule has 2 aromatic rings. The Kier molecular flexibility index (Phi) is 5.27. The molecule has 1 aliphatic heterocycles. The molecule has 26 heavy (non-hydrogen) atoms. The van der Waals surface area contributed by atoms with Crippen LogP contribution in [0, 0.1) is 12.7 Å². The van der Waals surface area contributed by atoms with E-state index in [1.807, 2.05) is 13.0 Å². The van der Waals surface area contributed by atoms with Crippen LogP contribution in [0.3, 0.4) is 0 Å². The van der Waals surface area contributed by atoms with Crippen LogP contribution < -0.4 is 0 Å². The van der Waals surface area contributed by atoms with Gasteiger partial charge in [-0.2, -0.15) is 5.10 Å². The molecule has 0 spiro atoms. The molecule has 1 atom stereocenters. The topological polar surface area (TPSA) is 64.4 Å². The maximum atomic E-state index is 13.3. The molecular weight excluding hydrogens is 361 g/mol. The third-order valence-corrected chi connectivity index (χ3v) is 4.65. The molecule has 138 valence electrons. The second kappa shape index (κ2) is 7.45. The number of hydrogen-bond acceptors (Lipinski definition) is 4. The molecule has 1 aliphatic rings. The number of benzene rings is 1. The third kappa shape index (κ3) is 4.04. The van der Waals surface area contributed by atoms with Gasteiger partial charge in [0.25, 0.3) is 5.91 Å². The molecule has 0 saturated carbocycles. The van der Waals surface area contributed by atoms with Crippen LogP contribution in [0.1, 0.15) is 29.8 Å². The van der Waals surface area contributed by atoms with Gasteiger partial charge in [-0.25, -0.2) is 4.39 Å². The van der Waals surface area contributed by atoms with Crippen molar-refractivity contribution in [2.45, 2.75) is 39.0 Å². The molecule has 3 rings (SSSR count). The van der Waals surface area contributed by atoms with Gasteiger partial charge >= 0.3 is 5.97 Å². The maximum absolute atomic E-state index is 13.3. The van der Waals surface area contributed by atoms with Crippen LogP contribution in [0.5, 0.6) is 0 Å². The Morgan fingerprint density at radius 1 is 1.42 bits per heavy atom. The predicted molar refractivity (Wildman–Crippen MR) is 92.7 cm³/mol. The highest BCUT2D eigenvalue weighted by Gasteiger charge is 2.33. The lowest BCUT2D eigenvalue weighted by Crippen LogP contribution is -2.38. The number of nitrogens with zero attached hydrogens (tertiary/aromatic N) is 3. The molecule has 8 heteroatoms. The Morgan fingerprint density at radius 2 is 2.19 bits per heavy atom. The van der Waals surface area contributed by atoms with Crippen LogP contribution in [-0.4, -0.2) is 32.7 Å². The minimum Gasteiger partial charge on any atom is -0.452 e. The first-order chi connectivity index (χ1) is 12.3. The van der Waals surface area contributed by atoms with E-state index >= 15 is 0 Å². The average Bonchev–Trinajstić information content (AvgIpc) is 3.14. The Hall–Kier alpha value is -2.41. The van der Waals surface area contributed by atoms with E-state index in [4.69, 9.17) is 16.3 Å². The van der Waals surface area contributed by atoms with Gasteiger partial charge in [-0.3, -0.25) is 14.3 Å². The quantitative estimate of drug-likeness (QED) is 0.749. The molecule has 0 N–H and O–H groups in total. The maximum Gasteiger partial charge on any atom is 0.306 e. The van der Waals surface area contributed by atoms with Crippen molar-refractivity contribution in [1.82, 2.24) is 14.7 Å². The van der Waals surface area contributed by atoms with Crippen molar-refractivity contribution < 1.29 is 18.7 Å². The monoisotopic (exact) mass is 379 g/mol. The van der Waals surface area contributed by atoms with E-state index in [9.17, 15) is 14.0 Å². The van der Waals surface area contributed by atoms with E-state index in [2.05, 4.69) is 5.10 Å². The van der Waals surface area contributed by atoms with Crippen LogP contribution in [0.15, 0.2) is 24.3 Å². The van der Waals surface area contributed by atoms with Crippen molar-refractivity contribution in [3.63, 3.8) is 0 Å². The molecule has 6 nitrogen and oxygen atoms in total. The average molecular weight is 380 g/mol. The molecule has 1 saturated heterocycles. The lowest BCUT2D eigenvalue weighted by Gasteiger charge is -2.25. The van der Waals surface area contributed by atoms with Gasteiger partial charge in [-0.15, -0.1) is 0 Å². The van der Waals surface area contributed by atoms with Crippen LogP contribution >= 0.6 is 11.6 Å². The zero-order chi connectivity index (χ0) is 18.8. The number of halogens is 2. The summed E-state index contributed by atoms with van der Waals surface area (Å²) >= 11 is 6.12. The van der Waals surface area contributed by atoms with Gasteiger partial charge in [0.15, 0.2) is 6.10 Å². The molecule has 1 aromatic carbocycles. The van der Waals surface area contributed by atoms with Crippen molar-refractivity contribution in [3.8, 4) is 0 Å². The fourth-order valence-electron chi connectivity index (χ4n) is 2.98. The summed E-state index contributed by atoms with van der Waals surface area (Å²) in [6.45, 7) is 2.32. The smallest absolute Gasteiger partial charge is 0.306 e. The summed E-state index contributed by atoms with van der Waals surface area (Å²) in [5, 5.41) is 4.53. The first-order valence-electron chi connectivity index (χ1n) is 8.25. The summed E-state index contributed by atoms with van der Waals surface area (Å²) in [6, 6.07) is 5.94. The number of hydrogen-bond donors (Lipinski definition) is 0. The lowest BCUT2D eigenvalue weighted by atomic mass is 10.1. The van der Waals surface area contributed by atoms with Crippen LogP contribution in [-0.2, 0) is 34.5 Å². The van der Waals surface area contributed by atoms with Crippen molar-refractivity contribution in [3.05, 3.63) is 52.1 Å². The first-order valence-corrected chi connectivity index (χ1v) is 8.63. The molecule has 0 unspecified atom stereocenters. The number of aromatic nitrogens is 2. The SMILES string of the molecule is Cc1cc(CN(Cc2ccc(F)cc2Cl)C(=O)[C@H]2CCC(=O)O2)n(C)n1. The predicted octanol–water partition coefficient (Wildman–Crippen LogP) is 2.76. The molecule has 1 fully saturated rings. The number of aryl methyl sites for hydroxylation is 2. The van der Waals surface area contributed by atoms with Crippen molar-refractivity contribution >= 4 is 23.5 Å². The van der Waals surface area contributed by atoms with E-state index in [1.54, 1.807) is 22.7 Å². The van der Waals surface area contributed by atoms with Gasteiger partial charge in [-0.1, -0.05) is 17.7 Å². The van der Waals surface area contributed by atoms with Crippen LogP contribution in [0.2, 0.25) is 5.02 Å². The highest BCUT2D eigenvalue weighted by atomic mass is 35.5. The van der Waals surface area contributed by atoms with Crippen molar-refractivity contribution in [2.75, 3.05) is 0 Å². The summed E-state index contributed by atoms with van der Waals surface area (Å²) in [5.74, 6) is -1.11. The van der Waals surface area contributed by atoms with E-state index in [-0.39, 0.29) is 36.4 Å². The molecule has 0 aliphatic carbocycles. The van der Waals surface area contributed by atoms with Gasteiger partial charge < -0.3 is 9.64 Å². The van der Waals surface area contributed by atoms with E-state index in [0.29, 0.717) is 12.0 Å². The Bertz CT molecular complexity index is 852. The normalized spacial score (nSPS) is 16.6. The highest BCUT2D eigenvalue weighted by molar-refractivity contribution is 6.31. The Balaban J connectivity index is 1.86. The van der Waals surface area contributed by atoms with Gasteiger partial charge in [-0.05, 0) is 30.7 Å². The van der Waals surface area contributed by atoms with Crippen molar-refractivity contribution in [2.24, 2.45) is 7.05 Å². The number of carbonyl (C=O) groups is 2. The highest BCUT2D eigenvalue weighted by Crippen LogP contribution is 2.23. The zero-order valence-corrected chi connectivity index (χ0v) is 15.3. The number of amides is 1.